The van der Waals surface area contributed by atoms with Gasteiger partial charge < -0.3 is 15.4 Å². The molecule has 2 heterocycles. The molecule has 1 atom stereocenters. The van der Waals surface area contributed by atoms with Gasteiger partial charge in [-0.1, -0.05) is 6.07 Å². The van der Waals surface area contributed by atoms with Crippen molar-refractivity contribution in [2.45, 2.75) is 55.6 Å². The molecule has 2 aromatic carbocycles. The topological polar surface area (TPSA) is 110 Å². The van der Waals surface area contributed by atoms with Gasteiger partial charge in [-0.15, -0.1) is 12.4 Å². The molecule has 1 aliphatic carbocycles. The summed E-state index contributed by atoms with van der Waals surface area (Å²) in [4.78, 5) is 40.7. The number of nitrogens with one attached hydrogen (secondary N) is 2. The van der Waals surface area contributed by atoms with E-state index in [-0.39, 0.29) is 54.4 Å². The number of likely N-dealkylation sites (N-methyl/N-ethyl adjacent to an activating group) is 1. The van der Waals surface area contributed by atoms with Crippen molar-refractivity contribution < 1.29 is 32.3 Å². The summed E-state index contributed by atoms with van der Waals surface area (Å²) in [5.74, 6) is -0.0360. The van der Waals surface area contributed by atoms with Crippen LogP contribution in [0.2, 0.25) is 0 Å². The first kappa shape index (κ1) is 35.8. The molecule has 1 aliphatic rings. The molecule has 47 heavy (non-hydrogen) atoms. The maximum absolute atomic E-state index is 13.5. The molecule has 5 rings (SSSR count). The zero-order valence-corrected chi connectivity index (χ0v) is 27.7. The quantitative estimate of drug-likeness (QED) is 0.117. The van der Waals surface area contributed by atoms with Crippen LogP contribution in [0.15, 0.2) is 66.0 Å². The number of anilines is 2. The Morgan fingerprint density at radius 2 is 1.79 bits per heavy atom. The molecule has 10 nitrogen and oxygen atoms in total. The second kappa shape index (κ2) is 15.3. The van der Waals surface area contributed by atoms with Crippen molar-refractivity contribution in [3.63, 3.8) is 0 Å². The molecular weight excluding hydrogens is 657 g/mol. The summed E-state index contributed by atoms with van der Waals surface area (Å²) in [7, 11) is 3.49. The molecule has 2 amide bonds. The number of urea groups is 1. The minimum Gasteiger partial charge on any atom is -0.465 e. The molecule has 2 aromatic heterocycles. The molecule has 1 saturated carbocycles. The number of alkyl halides is 3. The van der Waals surface area contributed by atoms with Gasteiger partial charge in [-0.3, -0.25) is 23.7 Å². The Balaban J connectivity index is 0.00000500. The highest BCUT2D eigenvalue weighted by molar-refractivity contribution is 8.00. The minimum atomic E-state index is -4.42. The molecular formula is C32H36ClF3N6O4S. The van der Waals surface area contributed by atoms with Gasteiger partial charge in [-0.2, -0.15) is 18.3 Å². The minimum absolute atomic E-state index is 0. The van der Waals surface area contributed by atoms with E-state index in [4.69, 9.17) is 4.74 Å². The SMILES string of the molecule is CCOC(=O)C(CCC(=O)n1cc(NC(=O)Nc2ccc(SC(F)(F)F)cc2)c2cc(-c3cnn(CC4CC4)c3)ccc21)N(C)C.Cl. The van der Waals surface area contributed by atoms with Crippen LogP contribution in [0.3, 0.4) is 0 Å². The van der Waals surface area contributed by atoms with E-state index in [1.807, 2.05) is 23.0 Å². The summed E-state index contributed by atoms with van der Waals surface area (Å²) in [5, 5.41) is 10.5. The molecule has 0 aliphatic heterocycles. The van der Waals surface area contributed by atoms with Crippen LogP contribution in [0.4, 0.5) is 29.3 Å². The van der Waals surface area contributed by atoms with E-state index in [0.717, 1.165) is 17.7 Å². The molecule has 1 fully saturated rings. The number of benzene rings is 2. The number of hydrogen-bond donors (Lipinski definition) is 2. The van der Waals surface area contributed by atoms with Crippen LogP contribution in [0, 0.1) is 5.92 Å². The smallest absolute Gasteiger partial charge is 0.446 e. The number of carbonyl (C=O) groups excluding carboxylic acids is 3. The molecule has 252 valence electrons. The summed E-state index contributed by atoms with van der Waals surface area (Å²) in [6.45, 7) is 2.81. The Morgan fingerprint density at radius 3 is 2.43 bits per heavy atom. The summed E-state index contributed by atoms with van der Waals surface area (Å²) in [6, 6.07) is 9.61. The number of nitrogens with zero attached hydrogens (tertiary/aromatic N) is 4. The van der Waals surface area contributed by atoms with Gasteiger partial charge in [0.1, 0.15) is 6.04 Å². The molecule has 2 N–H and O–H groups in total. The van der Waals surface area contributed by atoms with Gasteiger partial charge in [0, 0.05) is 46.9 Å². The average Bonchev–Trinajstić information content (AvgIpc) is 3.56. The van der Waals surface area contributed by atoms with Gasteiger partial charge >= 0.3 is 17.5 Å². The van der Waals surface area contributed by atoms with Crippen LogP contribution in [0.25, 0.3) is 22.0 Å². The van der Waals surface area contributed by atoms with Gasteiger partial charge in [0.15, 0.2) is 0 Å². The zero-order chi connectivity index (χ0) is 33.0. The number of amides is 2. The fourth-order valence-electron chi connectivity index (χ4n) is 5.12. The maximum atomic E-state index is 13.5. The maximum Gasteiger partial charge on any atom is 0.446 e. The number of ether oxygens (including phenoxy) is 1. The fourth-order valence-corrected chi connectivity index (χ4v) is 5.66. The van der Waals surface area contributed by atoms with Crippen LogP contribution >= 0.6 is 24.2 Å². The Kier molecular flexibility index (Phi) is 11.6. The summed E-state index contributed by atoms with van der Waals surface area (Å²) >= 11 is -0.242. The number of carbonyl (C=O) groups is 3. The molecule has 1 unspecified atom stereocenters. The van der Waals surface area contributed by atoms with E-state index in [1.54, 1.807) is 38.2 Å². The lowest BCUT2D eigenvalue weighted by Gasteiger charge is -2.22. The number of thioether (sulfide) groups is 1. The highest BCUT2D eigenvalue weighted by Crippen LogP contribution is 2.37. The molecule has 0 radical (unpaired) electrons. The molecule has 15 heteroatoms. The van der Waals surface area contributed by atoms with Gasteiger partial charge in [-0.25, -0.2) is 4.79 Å². The Morgan fingerprint density at radius 1 is 1.06 bits per heavy atom. The first-order valence-corrected chi connectivity index (χ1v) is 15.7. The van der Waals surface area contributed by atoms with Gasteiger partial charge in [-0.05, 0) is 99.9 Å². The van der Waals surface area contributed by atoms with Crippen molar-refractivity contribution in [1.29, 1.82) is 0 Å². The number of fused-ring (bicyclic) bond motifs is 1. The van der Waals surface area contributed by atoms with Crippen molar-refractivity contribution in [3.8, 4) is 11.1 Å². The van der Waals surface area contributed by atoms with Crippen molar-refractivity contribution in [2.24, 2.45) is 5.92 Å². The molecule has 0 spiro atoms. The molecule has 0 saturated heterocycles. The second-order valence-corrected chi connectivity index (χ2v) is 12.5. The van der Waals surface area contributed by atoms with E-state index >= 15 is 0 Å². The standard InChI is InChI=1S/C32H35F3N6O4S.ClH/c1-4-45-30(43)28(39(2)3)13-14-29(42)41-19-26(38-31(44)37-23-8-10-24(11-9-23)46-32(33,34)35)25-15-21(7-12-27(25)41)22-16-36-40(18-22)17-20-5-6-20;/h7-12,15-16,18-20,28H,4-6,13-14,17H2,1-3H3,(H2,37,38,44);1H. The van der Waals surface area contributed by atoms with Crippen LogP contribution in [-0.4, -0.2) is 69.4 Å². The third-order valence-corrected chi connectivity index (χ3v) is 8.33. The van der Waals surface area contributed by atoms with Crippen LogP contribution in [0.1, 0.15) is 37.4 Å². The van der Waals surface area contributed by atoms with Crippen molar-refractivity contribution >= 4 is 64.4 Å². The van der Waals surface area contributed by atoms with E-state index in [2.05, 4.69) is 15.7 Å². The fraction of sp³-hybridized carbons (Fsp3) is 0.375. The van der Waals surface area contributed by atoms with Gasteiger partial charge in [0.25, 0.3) is 0 Å². The first-order chi connectivity index (χ1) is 21.9. The number of esters is 1. The Hall–Kier alpha value is -4.01. The van der Waals surface area contributed by atoms with E-state index in [1.165, 1.54) is 47.9 Å². The van der Waals surface area contributed by atoms with Gasteiger partial charge in [0.2, 0.25) is 5.91 Å². The monoisotopic (exact) mass is 692 g/mol. The summed E-state index contributed by atoms with van der Waals surface area (Å²) < 4.78 is 46.6. The highest BCUT2D eigenvalue weighted by Gasteiger charge is 2.29. The second-order valence-electron chi connectivity index (χ2n) is 11.4. The number of aromatic nitrogens is 3. The van der Waals surface area contributed by atoms with E-state index in [0.29, 0.717) is 28.2 Å². The lowest BCUT2D eigenvalue weighted by atomic mass is 10.1. The predicted molar refractivity (Wildman–Crippen MR) is 178 cm³/mol. The van der Waals surface area contributed by atoms with Crippen molar-refractivity contribution in [1.82, 2.24) is 19.2 Å². The van der Waals surface area contributed by atoms with E-state index < -0.39 is 23.6 Å². The van der Waals surface area contributed by atoms with Crippen molar-refractivity contribution in [2.75, 3.05) is 31.3 Å². The average molecular weight is 693 g/mol. The third-order valence-electron chi connectivity index (χ3n) is 7.59. The normalized spacial score (nSPS) is 13.7. The first-order valence-electron chi connectivity index (χ1n) is 14.9. The number of hydrogen-bond acceptors (Lipinski definition) is 7. The van der Waals surface area contributed by atoms with Crippen LogP contribution < -0.4 is 10.6 Å². The number of rotatable bonds is 12. The lowest BCUT2D eigenvalue weighted by molar-refractivity contribution is -0.148. The predicted octanol–water partition coefficient (Wildman–Crippen LogP) is 7.51. The van der Waals surface area contributed by atoms with Crippen LogP contribution in [-0.2, 0) is 16.1 Å². The summed E-state index contributed by atoms with van der Waals surface area (Å²) in [5.41, 5.74) is -1.49. The Labute approximate surface area is 280 Å². The molecule has 4 aromatic rings. The van der Waals surface area contributed by atoms with E-state index in [9.17, 15) is 27.6 Å². The lowest BCUT2D eigenvalue weighted by Crippen LogP contribution is -2.37. The summed E-state index contributed by atoms with van der Waals surface area (Å²) in [6.07, 6.45) is 7.95. The van der Waals surface area contributed by atoms with Gasteiger partial charge in [0.05, 0.1) is 24.0 Å². The molecule has 0 bridgehead atoms. The highest BCUT2D eigenvalue weighted by atomic mass is 35.5. The van der Waals surface area contributed by atoms with Crippen LogP contribution in [0.5, 0.6) is 0 Å². The Bertz CT molecular complexity index is 1720. The van der Waals surface area contributed by atoms with Crippen molar-refractivity contribution in [3.05, 3.63) is 61.1 Å². The number of halogens is 4. The zero-order valence-electron chi connectivity index (χ0n) is 26.0. The largest absolute Gasteiger partial charge is 0.465 e. The third kappa shape index (κ3) is 9.52.